The first-order valence-electron chi connectivity index (χ1n) is 6.42. The zero-order valence-corrected chi connectivity index (χ0v) is 14.1. The van der Waals surface area contributed by atoms with Crippen LogP contribution in [-0.4, -0.2) is 14.5 Å². The molecule has 0 saturated carbocycles. The summed E-state index contributed by atoms with van der Waals surface area (Å²) in [5, 5.41) is 3.16. The fraction of sp³-hybridized carbons (Fsp3) is 0.385. The third-order valence-electron chi connectivity index (χ3n) is 2.70. The number of furan rings is 2. The molecule has 0 aliphatic rings. The van der Waals surface area contributed by atoms with Gasteiger partial charge in [-0.3, -0.25) is 0 Å². The lowest BCUT2D eigenvalue weighted by Crippen LogP contribution is -2.23. The van der Waals surface area contributed by atoms with Gasteiger partial charge >= 0.3 is 0 Å². The van der Waals surface area contributed by atoms with Crippen molar-refractivity contribution in [3.8, 4) is 0 Å². The molecule has 0 fully saturated rings. The molecule has 2 aromatic heterocycles. The van der Waals surface area contributed by atoms with Crippen LogP contribution in [0.4, 0.5) is 0 Å². The molecule has 0 atom stereocenters. The van der Waals surface area contributed by atoms with Gasteiger partial charge in [0.2, 0.25) is 10.0 Å². The van der Waals surface area contributed by atoms with Crippen molar-refractivity contribution >= 4 is 26.0 Å². The highest BCUT2D eigenvalue weighted by molar-refractivity contribution is 9.10. The van der Waals surface area contributed by atoms with E-state index in [0.717, 1.165) is 0 Å². The molecule has 116 valence electrons. The fourth-order valence-electron chi connectivity index (χ4n) is 1.63. The summed E-state index contributed by atoms with van der Waals surface area (Å²) in [4.78, 5) is 0.0783. The molecule has 2 heterocycles. The van der Waals surface area contributed by atoms with E-state index in [1.165, 1.54) is 12.3 Å². The summed E-state index contributed by atoms with van der Waals surface area (Å²) in [5.41, 5.74) is 0. The minimum Gasteiger partial charge on any atom is -0.468 e. The molecule has 0 aliphatic heterocycles. The average Bonchev–Trinajstić information content (AvgIpc) is 3.03. The lowest BCUT2D eigenvalue weighted by molar-refractivity contribution is 0.446. The van der Waals surface area contributed by atoms with Gasteiger partial charge in [0.25, 0.3) is 0 Å². The summed E-state index contributed by atoms with van der Waals surface area (Å²) in [6, 6.07) is 5.19. The van der Waals surface area contributed by atoms with E-state index in [4.69, 9.17) is 8.83 Å². The summed E-state index contributed by atoms with van der Waals surface area (Å²) < 4.78 is 37.6. The Kier molecular flexibility index (Phi) is 5.26. The lowest BCUT2D eigenvalue weighted by Gasteiger charge is -2.04. The molecule has 2 N–H and O–H groups in total. The van der Waals surface area contributed by atoms with Crippen molar-refractivity contribution in [2.24, 2.45) is 0 Å². The maximum atomic E-state index is 12.2. The molecule has 0 bridgehead atoms. The van der Waals surface area contributed by atoms with Crippen molar-refractivity contribution in [1.82, 2.24) is 10.0 Å². The zero-order chi connectivity index (χ0) is 15.5. The summed E-state index contributed by atoms with van der Waals surface area (Å²) in [7, 11) is -3.66. The van der Waals surface area contributed by atoms with Gasteiger partial charge in [-0.2, -0.15) is 0 Å². The van der Waals surface area contributed by atoms with Crippen LogP contribution in [0.15, 0.2) is 42.9 Å². The normalized spacial score (nSPS) is 12.2. The Morgan fingerprint density at radius 1 is 1.29 bits per heavy atom. The van der Waals surface area contributed by atoms with Crippen LogP contribution in [-0.2, 0) is 23.1 Å². The summed E-state index contributed by atoms with van der Waals surface area (Å²) in [5.74, 6) is 1.09. The second-order valence-electron chi connectivity index (χ2n) is 4.79. The molecule has 0 radical (unpaired) electrons. The molecule has 2 aromatic rings. The minimum absolute atomic E-state index is 0.0783. The number of nitrogens with one attached hydrogen (secondary N) is 2. The number of rotatable bonds is 7. The minimum atomic E-state index is -3.66. The largest absolute Gasteiger partial charge is 0.468 e. The van der Waals surface area contributed by atoms with Gasteiger partial charge in [0.1, 0.15) is 16.4 Å². The molecule has 0 aliphatic carbocycles. The van der Waals surface area contributed by atoms with Crippen LogP contribution in [0.2, 0.25) is 0 Å². The summed E-state index contributed by atoms with van der Waals surface area (Å²) in [6.07, 6.45) is 1.49. The highest BCUT2D eigenvalue weighted by Crippen LogP contribution is 2.26. The molecule has 2 rings (SSSR count). The van der Waals surface area contributed by atoms with Crippen molar-refractivity contribution < 1.29 is 17.3 Å². The van der Waals surface area contributed by atoms with E-state index in [9.17, 15) is 8.42 Å². The number of halogens is 1. The second kappa shape index (κ2) is 6.78. The van der Waals surface area contributed by atoms with Gasteiger partial charge in [-0.1, -0.05) is 13.8 Å². The molecular weight excluding hydrogens is 360 g/mol. The van der Waals surface area contributed by atoms with Gasteiger partial charge < -0.3 is 14.2 Å². The van der Waals surface area contributed by atoms with Gasteiger partial charge in [-0.05, 0) is 28.1 Å². The Balaban J connectivity index is 2.08. The highest BCUT2D eigenvalue weighted by atomic mass is 79.9. The van der Waals surface area contributed by atoms with Crippen LogP contribution in [0.1, 0.15) is 25.4 Å². The highest BCUT2D eigenvalue weighted by Gasteiger charge is 2.22. The van der Waals surface area contributed by atoms with Gasteiger partial charge in [-0.25, -0.2) is 13.1 Å². The topological polar surface area (TPSA) is 84.5 Å². The maximum Gasteiger partial charge on any atom is 0.245 e. The predicted octanol–water partition coefficient (Wildman–Crippen LogP) is 2.61. The molecule has 8 heteroatoms. The van der Waals surface area contributed by atoms with Gasteiger partial charge in [0.05, 0.1) is 19.4 Å². The van der Waals surface area contributed by atoms with E-state index < -0.39 is 10.0 Å². The number of hydrogen-bond donors (Lipinski definition) is 2. The van der Waals surface area contributed by atoms with Gasteiger partial charge in [-0.15, -0.1) is 0 Å². The summed E-state index contributed by atoms with van der Waals surface area (Å²) >= 11 is 3.14. The first-order valence-corrected chi connectivity index (χ1v) is 8.70. The molecule has 0 saturated heterocycles. The van der Waals surface area contributed by atoms with E-state index in [2.05, 4.69) is 26.0 Å². The Labute approximate surface area is 132 Å². The van der Waals surface area contributed by atoms with Crippen LogP contribution in [0, 0.1) is 0 Å². The SMILES string of the molecule is CC(C)NCc1cc(S(=O)(=O)NCc2ccco2)c(Br)o1. The average molecular weight is 377 g/mol. The van der Waals surface area contributed by atoms with E-state index in [0.29, 0.717) is 18.1 Å². The van der Waals surface area contributed by atoms with Crippen molar-refractivity contribution in [3.05, 3.63) is 40.7 Å². The zero-order valence-electron chi connectivity index (χ0n) is 11.7. The molecule has 0 spiro atoms. The van der Waals surface area contributed by atoms with Crippen LogP contribution in [0.25, 0.3) is 0 Å². The number of sulfonamides is 1. The standard InChI is InChI=1S/C13H17BrN2O4S/c1-9(2)15-7-11-6-12(13(14)20-11)21(17,18)16-8-10-4-3-5-19-10/h3-6,9,15-16H,7-8H2,1-2H3. The summed E-state index contributed by atoms with van der Waals surface area (Å²) in [6.45, 7) is 4.55. The Morgan fingerprint density at radius 3 is 2.67 bits per heavy atom. The molecular formula is C13H17BrN2O4S. The van der Waals surface area contributed by atoms with Crippen molar-refractivity contribution in [2.45, 2.75) is 37.9 Å². The third kappa shape index (κ3) is 4.44. The van der Waals surface area contributed by atoms with E-state index in [-0.39, 0.29) is 22.2 Å². The lowest BCUT2D eigenvalue weighted by atomic mass is 10.3. The van der Waals surface area contributed by atoms with Crippen molar-refractivity contribution in [1.29, 1.82) is 0 Å². The third-order valence-corrected chi connectivity index (χ3v) is 4.96. The number of hydrogen-bond acceptors (Lipinski definition) is 5. The second-order valence-corrected chi connectivity index (χ2v) is 7.25. The molecule has 6 nitrogen and oxygen atoms in total. The molecule has 21 heavy (non-hydrogen) atoms. The monoisotopic (exact) mass is 376 g/mol. The first kappa shape index (κ1) is 16.3. The molecule has 0 amide bonds. The van der Waals surface area contributed by atoms with Crippen LogP contribution >= 0.6 is 15.9 Å². The molecule has 0 aromatic carbocycles. The van der Waals surface area contributed by atoms with Crippen LogP contribution in [0.3, 0.4) is 0 Å². The smallest absolute Gasteiger partial charge is 0.245 e. The Morgan fingerprint density at radius 2 is 2.05 bits per heavy atom. The van der Waals surface area contributed by atoms with Crippen LogP contribution < -0.4 is 10.0 Å². The Hall–Kier alpha value is -1.09. The maximum absolute atomic E-state index is 12.2. The van der Waals surface area contributed by atoms with E-state index in [1.54, 1.807) is 12.1 Å². The first-order chi connectivity index (χ1) is 9.88. The van der Waals surface area contributed by atoms with Crippen molar-refractivity contribution in [3.63, 3.8) is 0 Å². The quantitative estimate of drug-likeness (QED) is 0.775. The fourth-order valence-corrected chi connectivity index (χ4v) is 3.62. The Bertz CT molecular complexity index is 677. The van der Waals surface area contributed by atoms with Gasteiger partial charge in [0.15, 0.2) is 4.67 Å². The van der Waals surface area contributed by atoms with Gasteiger partial charge in [0, 0.05) is 12.1 Å². The van der Waals surface area contributed by atoms with E-state index in [1.807, 2.05) is 13.8 Å². The van der Waals surface area contributed by atoms with E-state index >= 15 is 0 Å². The van der Waals surface area contributed by atoms with Crippen LogP contribution in [0.5, 0.6) is 0 Å². The molecule has 0 unspecified atom stereocenters. The predicted molar refractivity (Wildman–Crippen MR) is 81.1 cm³/mol. The van der Waals surface area contributed by atoms with Crippen molar-refractivity contribution in [2.75, 3.05) is 0 Å².